The smallest absolute Gasteiger partial charge is 0.380 e. The van der Waals surface area contributed by atoms with E-state index in [1.165, 1.54) is 12.1 Å². The normalized spacial score (nSPS) is 11.9. The van der Waals surface area contributed by atoms with Crippen LogP contribution in [0.2, 0.25) is 0 Å². The zero-order valence-corrected chi connectivity index (χ0v) is 16.5. The summed E-state index contributed by atoms with van der Waals surface area (Å²) in [6, 6.07) is 10.6. The molecule has 0 atom stereocenters. The van der Waals surface area contributed by atoms with Gasteiger partial charge in [0.1, 0.15) is 5.82 Å². The van der Waals surface area contributed by atoms with Crippen molar-refractivity contribution in [3.63, 3.8) is 0 Å². The van der Waals surface area contributed by atoms with Gasteiger partial charge in [-0.05, 0) is 42.3 Å². The fourth-order valence-corrected chi connectivity index (χ4v) is 3.19. The second-order valence-electron chi connectivity index (χ2n) is 6.73. The molecule has 1 amide bonds. The molecule has 0 spiro atoms. The minimum absolute atomic E-state index is 0.0332. The summed E-state index contributed by atoms with van der Waals surface area (Å²) in [6.45, 7) is 3.90. The molecule has 0 aliphatic rings. The van der Waals surface area contributed by atoms with E-state index in [-0.39, 0.29) is 6.54 Å². The van der Waals surface area contributed by atoms with Crippen LogP contribution in [-0.2, 0) is 28.8 Å². The monoisotopic (exact) mass is 420 g/mol. The third kappa shape index (κ3) is 5.17. The highest BCUT2D eigenvalue weighted by Crippen LogP contribution is 2.32. The molecule has 3 N–H and O–H groups in total. The molecule has 0 saturated carbocycles. The molecule has 0 aliphatic heterocycles. The Kier molecular flexibility index (Phi) is 6.73. The van der Waals surface area contributed by atoms with Crippen molar-refractivity contribution >= 4 is 16.9 Å². The number of carbonyl (C=O) groups excluding carboxylic acids is 1. The van der Waals surface area contributed by atoms with Crippen molar-refractivity contribution in [3.8, 4) is 11.1 Å². The van der Waals surface area contributed by atoms with Crippen LogP contribution in [0.3, 0.4) is 0 Å². The molecule has 0 saturated heterocycles. The second-order valence-corrected chi connectivity index (χ2v) is 6.73. The van der Waals surface area contributed by atoms with Crippen LogP contribution in [0.5, 0.6) is 0 Å². The van der Waals surface area contributed by atoms with Crippen molar-refractivity contribution in [3.05, 3.63) is 53.9 Å². The summed E-state index contributed by atoms with van der Waals surface area (Å²) in [5.74, 6) is 0.257. The molecule has 1 aromatic heterocycles. The molecule has 2 aromatic carbocycles. The van der Waals surface area contributed by atoms with Crippen LogP contribution in [0.1, 0.15) is 18.3 Å². The van der Waals surface area contributed by atoms with Gasteiger partial charge in [-0.15, -0.1) is 0 Å². The van der Waals surface area contributed by atoms with Gasteiger partial charge in [-0.3, -0.25) is 4.79 Å². The van der Waals surface area contributed by atoms with Gasteiger partial charge < -0.3 is 20.4 Å². The van der Waals surface area contributed by atoms with Gasteiger partial charge in [0.2, 0.25) is 5.91 Å². The molecule has 0 aliphatic carbocycles. The van der Waals surface area contributed by atoms with E-state index < -0.39 is 17.6 Å². The van der Waals surface area contributed by atoms with Crippen LogP contribution in [0.4, 0.5) is 13.2 Å². The average molecular weight is 420 g/mol. The SMILES string of the molecule is CCOCCn1c(CNCC(N)=O)nc2ccc(-c3ccc(C(F)(F)F)cc3)cc21. The first-order valence-electron chi connectivity index (χ1n) is 9.53. The molecular formula is C21H23F3N4O2. The van der Waals surface area contributed by atoms with E-state index in [1.807, 2.05) is 29.7 Å². The van der Waals surface area contributed by atoms with Crippen molar-refractivity contribution < 1.29 is 22.7 Å². The van der Waals surface area contributed by atoms with E-state index >= 15 is 0 Å². The largest absolute Gasteiger partial charge is 0.416 e. The maximum atomic E-state index is 12.8. The lowest BCUT2D eigenvalue weighted by Gasteiger charge is -2.11. The first kappa shape index (κ1) is 21.8. The summed E-state index contributed by atoms with van der Waals surface area (Å²) in [7, 11) is 0. The van der Waals surface area contributed by atoms with Gasteiger partial charge in [-0.1, -0.05) is 18.2 Å². The Morgan fingerprint density at radius 1 is 1.17 bits per heavy atom. The van der Waals surface area contributed by atoms with Gasteiger partial charge in [0.15, 0.2) is 0 Å². The Balaban J connectivity index is 1.94. The van der Waals surface area contributed by atoms with Crippen molar-refractivity contribution in [2.24, 2.45) is 5.73 Å². The average Bonchev–Trinajstić information content (AvgIpc) is 3.04. The molecule has 160 valence electrons. The van der Waals surface area contributed by atoms with Crippen LogP contribution >= 0.6 is 0 Å². The number of fused-ring (bicyclic) bond motifs is 1. The molecule has 3 rings (SSSR count). The summed E-state index contributed by atoms with van der Waals surface area (Å²) in [5.41, 5.74) is 7.53. The van der Waals surface area contributed by atoms with Gasteiger partial charge in [0.05, 0.1) is 36.3 Å². The highest BCUT2D eigenvalue weighted by molar-refractivity contribution is 5.83. The van der Waals surface area contributed by atoms with Gasteiger partial charge in [-0.2, -0.15) is 13.2 Å². The zero-order valence-electron chi connectivity index (χ0n) is 16.5. The number of carbonyl (C=O) groups is 1. The highest BCUT2D eigenvalue weighted by atomic mass is 19.4. The number of nitrogens with two attached hydrogens (primary N) is 1. The van der Waals surface area contributed by atoms with Crippen LogP contribution in [0.25, 0.3) is 22.2 Å². The predicted molar refractivity (Wildman–Crippen MR) is 108 cm³/mol. The molecule has 0 fully saturated rings. The van der Waals surface area contributed by atoms with Gasteiger partial charge in [0.25, 0.3) is 0 Å². The quantitative estimate of drug-likeness (QED) is 0.520. The van der Waals surface area contributed by atoms with Gasteiger partial charge in [0, 0.05) is 13.2 Å². The van der Waals surface area contributed by atoms with E-state index in [2.05, 4.69) is 10.3 Å². The van der Waals surface area contributed by atoms with Gasteiger partial charge in [-0.25, -0.2) is 4.98 Å². The molecule has 9 heteroatoms. The number of amides is 1. The number of rotatable bonds is 9. The molecule has 1 heterocycles. The molecule has 0 unspecified atom stereocenters. The van der Waals surface area contributed by atoms with Crippen molar-refractivity contribution in [2.45, 2.75) is 26.2 Å². The number of ether oxygens (including phenoxy) is 1. The van der Waals surface area contributed by atoms with Gasteiger partial charge >= 0.3 is 6.18 Å². The number of alkyl halides is 3. The van der Waals surface area contributed by atoms with Crippen LogP contribution in [0, 0.1) is 0 Å². The third-order valence-electron chi connectivity index (χ3n) is 4.62. The Morgan fingerprint density at radius 3 is 2.50 bits per heavy atom. The molecule has 0 bridgehead atoms. The molecule has 6 nitrogen and oxygen atoms in total. The summed E-state index contributed by atoms with van der Waals surface area (Å²) in [4.78, 5) is 15.6. The molecule has 3 aromatic rings. The summed E-state index contributed by atoms with van der Waals surface area (Å²) in [6.07, 6.45) is -4.37. The lowest BCUT2D eigenvalue weighted by molar-refractivity contribution is -0.137. The summed E-state index contributed by atoms with van der Waals surface area (Å²) < 4.78 is 45.9. The number of nitrogens with zero attached hydrogens (tertiary/aromatic N) is 2. The number of nitrogens with one attached hydrogen (secondary N) is 1. The number of primary amides is 1. The molecule has 0 radical (unpaired) electrons. The highest BCUT2D eigenvalue weighted by Gasteiger charge is 2.30. The topological polar surface area (TPSA) is 82.2 Å². The lowest BCUT2D eigenvalue weighted by atomic mass is 10.0. The minimum Gasteiger partial charge on any atom is -0.380 e. The van der Waals surface area contributed by atoms with Crippen LogP contribution < -0.4 is 11.1 Å². The maximum absolute atomic E-state index is 12.8. The predicted octanol–water partition coefficient (Wildman–Crippen LogP) is 3.33. The number of imidazole rings is 1. The number of hydrogen-bond acceptors (Lipinski definition) is 4. The standard InChI is InChI=1S/C21H23F3N4O2/c1-2-30-10-9-28-18-11-15(14-3-6-16(7-4-14)21(22,23)24)5-8-17(18)27-20(28)13-26-12-19(25)29/h3-8,11,26H,2,9-10,12-13H2,1H3,(H2,25,29). The number of aromatic nitrogens is 2. The van der Waals surface area contributed by atoms with Crippen LogP contribution in [0.15, 0.2) is 42.5 Å². The van der Waals surface area contributed by atoms with E-state index in [0.29, 0.717) is 31.9 Å². The first-order chi connectivity index (χ1) is 14.3. The van der Waals surface area contributed by atoms with Crippen molar-refractivity contribution in [2.75, 3.05) is 19.8 Å². The van der Waals surface area contributed by atoms with Crippen molar-refractivity contribution in [1.82, 2.24) is 14.9 Å². The Hall–Kier alpha value is -2.91. The minimum atomic E-state index is -4.37. The fraction of sp³-hybridized carbons (Fsp3) is 0.333. The van der Waals surface area contributed by atoms with E-state index in [0.717, 1.165) is 34.6 Å². The maximum Gasteiger partial charge on any atom is 0.416 e. The number of hydrogen-bond donors (Lipinski definition) is 2. The Labute approximate surface area is 171 Å². The lowest BCUT2D eigenvalue weighted by Crippen LogP contribution is -2.29. The van der Waals surface area contributed by atoms with Crippen molar-refractivity contribution in [1.29, 1.82) is 0 Å². The van der Waals surface area contributed by atoms with E-state index in [9.17, 15) is 18.0 Å². The van der Waals surface area contributed by atoms with E-state index in [4.69, 9.17) is 10.5 Å². The zero-order chi connectivity index (χ0) is 21.7. The fourth-order valence-electron chi connectivity index (χ4n) is 3.19. The first-order valence-corrected chi connectivity index (χ1v) is 9.53. The third-order valence-corrected chi connectivity index (χ3v) is 4.62. The van der Waals surface area contributed by atoms with E-state index in [1.54, 1.807) is 0 Å². The number of benzene rings is 2. The second kappa shape index (κ2) is 9.27. The Morgan fingerprint density at radius 2 is 1.87 bits per heavy atom. The molecular weight excluding hydrogens is 397 g/mol. The van der Waals surface area contributed by atoms with Crippen LogP contribution in [-0.4, -0.2) is 35.2 Å². The Bertz CT molecular complexity index is 1010. The molecule has 30 heavy (non-hydrogen) atoms. The number of halogens is 3. The summed E-state index contributed by atoms with van der Waals surface area (Å²) >= 11 is 0. The summed E-state index contributed by atoms with van der Waals surface area (Å²) in [5, 5.41) is 2.95.